The zero-order valence-corrected chi connectivity index (χ0v) is 24.8. The summed E-state index contributed by atoms with van der Waals surface area (Å²) in [4.78, 5) is 53.3. The molecule has 228 valence electrons. The van der Waals surface area contributed by atoms with Gasteiger partial charge in [0.2, 0.25) is 5.91 Å². The maximum atomic E-state index is 13.4. The largest absolute Gasteiger partial charge is 0.459 e. The van der Waals surface area contributed by atoms with Gasteiger partial charge in [-0.15, -0.1) is 0 Å². The molecule has 5 rings (SSSR count). The summed E-state index contributed by atoms with van der Waals surface area (Å²) in [6.07, 6.45) is 3.52. The number of hydrogen-bond donors (Lipinski definition) is 1. The van der Waals surface area contributed by atoms with Crippen LogP contribution in [0.2, 0.25) is 0 Å². The van der Waals surface area contributed by atoms with Crippen molar-refractivity contribution in [2.24, 2.45) is 5.92 Å². The number of benzene rings is 3. The topological polar surface area (TPSA) is 111 Å². The van der Waals surface area contributed by atoms with Crippen molar-refractivity contribution in [2.45, 2.75) is 64.0 Å². The third-order valence-corrected chi connectivity index (χ3v) is 8.03. The van der Waals surface area contributed by atoms with E-state index in [9.17, 15) is 19.2 Å². The molecule has 0 radical (unpaired) electrons. The Kier molecular flexibility index (Phi) is 9.43. The Morgan fingerprint density at radius 3 is 2.11 bits per heavy atom. The summed E-state index contributed by atoms with van der Waals surface area (Å²) in [7, 11) is 0. The Hall–Kier alpha value is -4.92. The lowest BCUT2D eigenvalue weighted by Gasteiger charge is -2.36. The number of carbonyl (C=O) groups excluding carboxylic acids is 4. The summed E-state index contributed by atoms with van der Waals surface area (Å²) < 4.78 is 16.7. The van der Waals surface area contributed by atoms with Gasteiger partial charge in [0.1, 0.15) is 19.3 Å². The average Bonchev–Trinajstić information content (AvgIpc) is 3.26. The molecule has 9 nitrogen and oxygen atoms in total. The SMILES string of the molecule is CC1(C)[C@@H](OC(=O)[C@@H]2CCC=C[C@@H]2NC(=O)OCc2ccccc2)CC(=O)N1c1ccc(C(=O)OCc2ccccc2)cc1. The Morgan fingerprint density at radius 2 is 1.48 bits per heavy atom. The van der Waals surface area contributed by atoms with Crippen molar-refractivity contribution in [3.05, 3.63) is 114 Å². The zero-order chi connectivity index (χ0) is 31.1. The minimum absolute atomic E-state index is 0.0133. The van der Waals surface area contributed by atoms with E-state index >= 15 is 0 Å². The minimum atomic E-state index is -0.857. The highest BCUT2D eigenvalue weighted by Crippen LogP contribution is 2.38. The molecular weight excluding hydrogens is 560 g/mol. The fourth-order valence-electron chi connectivity index (χ4n) is 5.55. The summed E-state index contributed by atoms with van der Waals surface area (Å²) in [6.45, 7) is 3.96. The van der Waals surface area contributed by atoms with Gasteiger partial charge in [-0.1, -0.05) is 72.8 Å². The quantitative estimate of drug-likeness (QED) is 0.191. The van der Waals surface area contributed by atoms with E-state index in [1.165, 1.54) is 0 Å². The van der Waals surface area contributed by atoms with Crippen LogP contribution in [-0.4, -0.2) is 41.6 Å². The van der Waals surface area contributed by atoms with Gasteiger partial charge >= 0.3 is 18.0 Å². The maximum Gasteiger partial charge on any atom is 0.407 e. The van der Waals surface area contributed by atoms with Gasteiger partial charge in [0, 0.05) is 5.69 Å². The van der Waals surface area contributed by atoms with Crippen molar-refractivity contribution in [3.8, 4) is 0 Å². The Morgan fingerprint density at radius 1 is 0.864 bits per heavy atom. The predicted octanol–water partition coefficient (Wildman–Crippen LogP) is 5.73. The molecule has 1 fully saturated rings. The monoisotopic (exact) mass is 596 g/mol. The van der Waals surface area contributed by atoms with Gasteiger partial charge in [0.15, 0.2) is 0 Å². The number of hydrogen-bond acceptors (Lipinski definition) is 7. The van der Waals surface area contributed by atoms with Gasteiger partial charge in [0.25, 0.3) is 0 Å². The lowest BCUT2D eigenvalue weighted by atomic mass is 9.89. The fraction of sp³-hybridized carbons (Fsp3) is 0.314. The van der Waals surface area contributed by atoms with E-state index in [-0.39, 0.29) is 25.5 Å². The molecule has 0 bridgehead atoms. The number of allylic oxidation sites excluding steroid dienone is 1. The normalized spacial score (nSPS) is 20.5. The second kappa shape index (κ2) is 13.6. The Balaban J connectivity index is 1.19. The first kappa shape index (κ1) is 30.5. The molecule has 1 saturated heterocycles. The lowest BCUT2D eigenvalue weighted by molar-refractivity contribution is -0.157. The second-order valence-corrected chi connectivity index (χ2v) is 11.5. The highest BCUT2D eigenvalue weighted by atomic mass is 16.6. The molecule has 3 atom stereocenters. The summed E-state index contributed by atoms with van der Waals surface area (Å²) in [6, 6.07) is 24.8. The standard InChI is InChI=1S/C35H36N2O7/c1-35(2)30(44-33(40)28-15-9-10-16-29(28)36-34(41)43-23-25-13-7-4-8-14-25)21-31(38)37(35)27-19-17-26(18-20-27)32(39)42-22-24-11-5-3-6-12-24/h3-8,10-14,16-20,28-30H,9,15,21-23H2,1-2H3,(H,36,41)/t28-,29+,30+/m1/s1. The molecule has 1 aliphatic heterocycles. The minimum Gasteiger partial charge on any atom is -0.459 e. The van der Waals surface area contributed by atoms with E-state index in [4.69, 9.17) is 14.2 Å². The van der Waals surface area contributed by atoms with E-state index < -0.39 is 41.6 Å². The second-order valence-electron chi connectivity index (χ2n) is 11.5. The summed E-state index contributed by atoms with van der Waals surface area (Å²) >= 11 is 0. The number of amides is 2. The van der Waals surface area contributed by atoms with E-state index in [1.807, 2.05) is 80.6 Å². The highest BCUT2D eigenvalue weighted by molar-refractivity contribution is 5.99. The molecule has 0 saturated carbocycles. The number of alkyl carbamates (subject to hydrolysis) is 1. The molecule has 2 aliphatic rings. The fourth-order valence-corrected chi connectivity index (χ4v) is 5.55. The molecule has 44 heavy (non-hydrogen) atoms. The first-order valence-corrected chi connectivity index (χ1v) is 14.7. The van der Waals surface area contributed by atoms with Crippen molar-refractivity contribution < 1.29 is 33.4 Å². The molecule has 3 aromatic carbocycles. The number of rotatable bonds is 9. The molecule has 0 spiro atoms. The number of anilines is 1. The Labute approximate surface area is 256 Å². The van der Waals surface area contributed by atoms with Gasteiger partial charge in [-0.25, -0.2) is 9.59 Å². The van der Waals surface area contributed by atoms with Crippen LogP contribution in [0.5, 0.6) is 0 Å². The van der Waals surface area contributed by atoms with Crippen LogP contribution in [0.4, 0.5) is 10.5 Å². The van der Waals surface area contributed by atoms with Gasteiger partial charge < -0.3 is 24.4 Å². The molecule has 3 aromatic rings. The molecular formula is C35H36N2O7. The number of nitrogens with zero attached hydrogens (tertiary/aromatic N) is 1. The van der Waals surface area contributed by atoms with Crippen molar-refractivity contribution in [1.29, 1.82) is 0 Å². The van der Waals surface area contributed by atoms with Gasteiger partial charge in [-0.2, -0.15) is 0 Å². The molecule has 0 aromatic heterocycles. The molecule has 1 heterocycles. The van der Waals surface area contributed by atoms with Crippen LogP contribution in [0.1, 0.15) is 54.6 Å². The third-order valence-electron chi connectivity index (χ3n) is 8.03. The number of ether oxygens (including phenoxy) is 3. The van der Waals surface area contributed by atoms with Crippen LogP contribution in [0.25, 0.3) is 0 Å². The van der Waals surface area contributed by atoms with E-state index in [2.05, 4.69) is 5.32 Å². The van der Waals surface area contributed by atoms with Crippen LogP contribution in [0.3, 0.4) is 0 Å². The van der Waals surface area contributed by atoms with Gasteiger partial charge in [0.05, 0.1) is 29.5 Å². The van der Waals surface area contributed by atoms with Crippen molar-refractivity contribution in [2.75, 3.05) is 4.90 Å². The van der Waals surface area contributed by atoms with Crippen LogP contribution in [0.15, 0.2) is 97.1 Å². The third kappa shape index (κ3) is 7.16. The van der Waals surface area contributed by atoms with E-state index in [0.29, 0.717) is 24.1 Å². The summed E-state index contributed by atoms with van der Waals surface area (Å²) in [5, 5.41) is 2.78. The summed E-state index contributed by atoms with van der Waals surface area (Å²) in [5.74, 6) is -1.76. The average molecular weight is 597 g/mol. The first-order chi connectivity index (χ1) is 21.2. The predicted molar refractivity (Wildman–Crippen MR) is 163 cm³/mol. The molecule has 1 aliphatic carbocycles. The number of carbonyl (C=O) groups is 4. The molecule has 9 heteroatoms. The van der Waals surface area contributed by atoms with Crippen molar-refractivity contribution >= 4 is 29.6 Å². The van der Waals surface area contributed by atoms with Gasteiger partial charge in [-0.05, 0) is 62.1 Å². The summed E-state index contributed by atoms with van der Waals surface area (Å²) in [5.41, 5.74) is 1.83. The van der Waals surface area contributed by atoms with Crippen molar-refractivity contribution in [1.82, 2.24) is 5.32 Å². The lowest BCUT2D eigenvalue weighted by Crippen LogP contribution is -2.50. The molecule has 0 unspecified atom stereocenters. The Bertz CT molecular complexity index is 1500. The van der Waals surface area contributed by atoms with Crippen LogP contribution in [-0.2, 0) is 37.0 Å². The van der Waals surface area contributed by atoms with Crippen LogP contribution < -0.4 is 10.2 Å². The number of nitrogens with one attached hydrogen (secondary N) is 1. The van der Waals surface area contributed by atoms with Crippen LogP contribution in [0, 0.1) is 5.92 Å². The smallest absolute Gasteiger partial charge is 0.407 e. The van der Waals surface area contributed by atoms with Crippen LogP contribution >= 0.6 is 0 Å². The maximum absolute atomic E-state index is 13.4. The molecule has 2 amide bonds. The highest BCUT2D eigenvalue weighted by Gasteiger charge is 2.50. The zero-order valence-electron chi connectivity index (χ0n) is 24.8. The van der Waals surface area contributed by atoms with E-state index in [1.54, 1.807) is 35.2 Å². The van der Waals surface area contributed by atoms with Gasteiger partial charge in [-0.3, -0.25) is 9.59 Å². The van der Waals surface area contributed by atoms with Crippen molar-refractivity contribution in [3.63, 3.8) is 0 Å². The number of esters is 2. The first-order valence-electron chi connectivity index (χ1n) is 14.7. The molecule has 1 N–H and O–H groups in total. The van der Waals surface area contributed by atoms with E-state index in [0.717, 1.165) is 11.1 Å².